The predicted molar refractivity (Wildman–Crippen MR) is 92.3 cm³/mol. The summed E-state index contributed by atoms with van der Waals surface area (Å²) in [7, 11) is 0. The SMILES string of the molecule is CC1=C(C(=O)OC(C)C)[C@@H](c2cccs2)N2C(=O)[C@H](C)SC2=N1. The summed E-state index contributed by atoms with van der Waals surface area (Å²) in [5.74, 6) is -0.425. The van der Waals surface area contributed by atoms with Crippen molar-refractivity contribution < 1.29 is 14.3 Å². The minimum absolute atomic E-state index is 0.0190. The molecule has 0 saturated carbocycles. The number of rotatable bonds is 3. The quantitative estimate of drug-likeness (QED) is 0.785. The molecule has 5 nitrogen and oxygen atoms in total. The van der Waals surface area contributed by atoms with Gasteiger partial charge in [0, 0.05) is 4.88 Å². The van der Waals surface area contributed by atoms with Crippen molar-refractivity contribution >= 4 is 40.1 Å². The number of aliphatic imine (C=N–C) groups is 1. The molecule has 1 amide bonds. The summed E-state index contributed by atoms with van der Waals surface area (Å²) >= 11 is 2.96. The number of nitrogens with zero attached hydrogens (tertiary/aromatic N) is 2. The van der Waals surface area contributed by atoms with Gasteiger partial charge in [-0.3, -0.25) is 9.69 Å². The molecule has 7 heteroatoms. The van der Waals surface area contributed by atoms with Gasteiger partial charge in [-0.15, -0.1) is 11.3 Å². The second kappa shape index (κ2) is 6.13. The highest BCUT2D eigenvalue weighted by Crippen LogP contribution is 2.44. The van der Waals surface area contributed by atoms with Crippen LogP contribution in [0, 0.1) is 0 Å². The molecule has 0 spiro atoms. The van der Waals surface area contributed by atoms with Gasteiger partial charge in [-0.05, 0) is 39.1 Å². The molecule has 0 aliphatic carbocycles. The Hall–Kier alpha value is -1.60. The van der Waals surface area contributed by atoms with Crippen molar-refractivity contribution in [2.45, 2.75) is 45.1 Å². The number of carbonyl (C=O) groups excluding carboxylic acids is 2. The van der Waals surface area contributed by atoms with E-state index in [-0.39, 0.29) is 17.3 Å². The summed E-state index contributed by atoms with van der Waals surface area (Å²) in [5, 5.41) is 2.42. The lowest BCUT2D eigenvalue weighted by atomic mass is 10.00. The molecule has 1 aromatic rings. The number of ether oxygens (including phenoxy) is 1. The molecular weight excluding hydrogens is 332 g/mol. The maximum absolute atomic E-state index is 12.6. The van der Waals surface area contributed by atoms with Crippen molar-refractivity contribution in [3.8, 4) is 0 Å². The van der Waals surface area contributed by atoms with Gasteiger partial charge in [0.1, 0.15) is 6.04 Å². The first-order chi connectivity index (χ1) is 10.9. The lowest BCUT2D eigenvalue weighted by molar-refractivity contribution is -0.143. The van der Waals surface area contributed by atoms with Crippen LogP contribution in [0.25, 0.3) is 0 Å². The highest BCUT2D eigenvalue weighted by atomic mass is 32.2. The van der Waals surface area contributed by atoms with E-state index < -0.39 is 12.0 Å². The van der Waals surface area contributed by atoms with Gasteiger partial charge in [0.05, 0.1) is 22.6 Å². The zero-order chi connectivity index (χ0) is 16.7. The number of fused-ring (bicyclic) bond motifs is 1. The van der Waals surface area contributed by atoms with Crippen LogP contribution in [0.2, 0.25) is 0 Å². The fraction of sp³-hybridized carbons (Fsp3) is 0.438. The predicted octanol–water partition coefficient (Wildman–Crippen LogP) is 3.35. The second-order valence-corrected chi connectivity index (χ2v) is 8.02. The van der Waals surface area contributed by atoms with E-state index in [1.165, 1.54) is 23.1 Å². The third kappa shape index (κ3) is 2.83. The van der Waals surface area contributed by atoms with E-state index in [1.807, 2.05) is 38.3 Å². The number of allylic oxidation sites excluding steroid dienone is 1. The number of esters is 1. The molecule has 3 heterocycles. The summed E-state index contributed by atoms with van der Waals surface area (Å²) in [6.45, 7) is 7.28. The van der Waals surface area contributed by atoms with E-state index >= 15 is 0 Å². The summed E-state index contributed by atoms with van der Waals surface area (Å²) in [6.07, 6.45) is -0.222. The van der Waals surface area contributed by atoms with Gasteiger partial charge in [0.25, 0.3) is 0 Å². The first kappa shape index (κ1) is 16.3. The lowest BCUT2D eigenvalue weighted by Crippen LogP contribution is -2.40. The number of amides is 1. The number of hydrogen-bond donors (Lipinski definition) is 0. The molecule has 0 unspecified atom stereocenters. The first-order valence-electron chi connectivity index (χ1n) is 7.43. The standard InChI is InChI=1S/C16H18N2O3S2/c1-8(2)21-15(20)12-9(3)17-16-18(14(19)10(4)23-16)13(12)11-6-5-7-22-11/h5-8,10,13H,1-4H3/t10-,13+/m0/s1. The van der Waals surface area contributed by atoms with Crippen molar-refractivity contribution in [1.82, 2.24) is 4.90 Å². The molecule has 1 aromatic heterocycles. The molecule has 122 valence electrons. The number of amidine groups is 1. The topological polar surface area (TPSA) is 59.0 Å². The lowest BCUT2D eigenvalue weighted by Gasteiger charge is -2.32. The zero-order valence-corrected chi connectivity index (χ0v) is 15.0. The molecule has 2 aliphatic rings. The van der Waals surface area contributed by atoms with E-state index in [2.05, 4.69) is 4.99 Å². The molecule has 2 atom stereocenters. The van der Waals surface area contributed by atoms with Gasteiger partial charge in [-0.1, -0.05) is 17.8 Å². The number of hydrogen-bond acceptors (Lipinski definition) is 6. The zero-order valence-electron chi connectivity index (χ0n) is 13.4. The van der Waals surface area contributed by atoms with Crippen molar-refractivity contribution in [1.29, 1.82) is 0 Å². The maximum Gasteiger partial charge on any atom is 0.338 e. The number of thiophene rings is 1. The molecule has 0 aromatic carbocycles. The highest BCUT2D eigenvalue weighted by Gasteiger charge is 2.46. The minimum Gasteiger partial charge on any atom is -0.459 e. The van der Waals surface area contributed by atoms with Crippen molar-refractivity contribution in [3.05, 3.63) is 33.7 Å². The van der Waals surface area contributed by atoms with E-state index in [9.17, 15) is 9.59 Å². The van der Waals surface area contributed by atoms with Crippen LogP contribution in [0.5, 0.6) is 0 Å². The molecule has 0 bridgehead atoms. The van der Waals surface area contributed by atoms with Crippen LogP contribution in [-0.4, -0.2) is 33.3 Å². The number of thioether (sulfide) groups is 1. The Kier molecular flexibility index (Phi) is 4.33. The Morgan fingerprint density at radius 2 is 2.17 bits per heavy atom. The smallest absolute Gasteiger partial charge is 0.338 e. The van der Waals surface area contributed by atoms with E-state index in [0.29, 0.717) is 16.4 Å². The van der Waals surface area contributed by atoms with E-state index in [0.717, 1.165) is 4.88 Å². The summed E-state index contributed by atoms with van der Waals surface area (Å²) < 4.78 is 5.39. The van der Waals surface area contributed by atoms with Gasteiger partial charge >= 0.3 is 5.97 Å². The van der Waals surface area contributed by atoms with Crippen LogP contribution < -0.4 is 0 Å². The van der Waals surface area contributed by atoms with Gasteiger partial charge in [0.2, 0.25) is 5.91 Å². The Morgan fingerprint density at radius 3 is 2.78 bits per heavy atom. The monoisotopic (exact) mass is 350 g/mol. The molecular formula is C16H18N2O3S2. The van der Waals surface area contributed by atoms with E-state index in [4.69, 9.17) is 4.74 Å². The summed E-state index contributed by atoms with van der Waals surface area (Å²) in [6, 6.07) is 3.41. The minimum atomic E-state index is -0.446. The van der Waals surface area contributed by atoms with Gasteiger partial charge in [-0.2, -0.15) is 0 Å². The molecule has 0 radical (unpaired) electrons. The number of carbonyl (C=O) groups is 2. The average molecular weight is 350 g/mol. The van der Waals surface area contributed by atoms with Crippen LogP contribution in [0.1, 0.15) is 38.6 Å². The second-order valence-electron chi connectivity index (χ2n) is 5.73. The Morgan fingerprint density at radius 1 is 1.43 bits per heavy atom. The van der Waals surface area contributed by atoms with Crippen LogP contribution in [-0.2, 0) is 14.3 Å². The summed E-state index contributed by atoms with van der Waals surface area (Å²) in [4.78, 5) is 32.3. The maximum atomic E-state index is 12.6. The Balaban J connectivity index is 2.10. The molecule has 3 rings (SSSR count). The third-order valence-electron chi connectivity index (χ3n) is 3.63. The highest BCUT2D eigenvalue weighted by molar-refractivity contribution is 8.15. The van der Waals surface area contributed by atoms with Crippen molar-refractivity contribution in [2.24, 2.45) is 4.99 Å². The molecule has 2 aliphatic heterocycles. The fourth-order valence-corrected chi connectivity index (χ4v) is 4.51. The summed E-state index contributed by atoms with van der Waals surface area (Å²) in [5.41, 5.74) is 1.07. The molecule has 1 fully saturated rings. The van der Waals surface area contributed by atoms with Crippen LogP contribution in [0.15, 0.2) is 33.8 Å². The Bertz CT molecular complexity index is 707. The van der Waals surface area contributed by atoms with Gasteiger partial charge < -0.3 is 4.74 Å². The Labute approximate surface area is 143 Å². The van der Waals surface area contributed by atoms with Gasteiger partial charge in [-0.25, -0.2) is 9.79 Å². The largest absolute Gasteiger partial charge is 0.459 e. The van der Waals surface area contributed by atoms with Crippen molar-refractivity contribution in [2.75, 3.05) is 0 Å². The van der Waals surface area contributed by atoms with Crippen molar-refractivity contribution in [3.63, 3.8) is 0 Å². The van der Waals surface area contributed by atoms with E-state index in [1.54, 1.807) is 11.8 Å². The van der Waals surface area contributed by atoms with Gasteiger partial charge in [0.15, 0.2) is 5.17 Å². The molecule has 23 heavy (non-hydrogen) atoms. The third-order valence-corrected chi connectivity index (χ3v) is 5.61. The van der Waals surface area contributed by atoms with Crippen LogP contribution in [0.4, 0.5) is 0 Å². The first-order valence-corrected chi connectivity index (χ1v) is 9.19. The van der Waals surface area contributed by atoms with Crippen LogP contribution in [0.3, 0.4) is 0 Å². The molecule has 1 saturated heterocycles. The normalized spacial score (nSPS) is 24.1. The fourth-order valence-electron chi connectivity index (χ4n) is 2.66. The molecule has 0 N–H and O–H groups in total. The van der Waals surface area contributed by atoms with Crippen LogP contribution >= 0.6 is 23.1 Å². The average Bonchev–Trinajstić information content (AvgIpc) is 3.06.